The average molecular weight is 538 g/mol. The molecule has 0 saturated carbocycles. The lowest BCUT2D eigenvalue weighted by atomic mass is 9.77. The average Bonchev–Trinajstić information content (AvgIpc) is 3.08. The SMILES string of the molecule is O=C1N(c2ccc(OC(F)(F)F)cc2)CCC12CCN(S(=O)(=O)c1ccccc1OC(F)(F)F)CC2. The summed E-state index contributed by atoms with van der Waals surface area (Å²) >= 11 is 0. The van der Waals surface area contributed by atoms with E-state index in [1.807, 2.05) is 0 Å². The minimum Gasteiger partial charge on any atom is -0.406 e. The Kier molecular flexibility index (Phi) is 6.62. The van der Waals surface area contributed by atoms with Crippen molar-refractivity contribution >= 4 is 21.6 Å². The largest absolute Gasteiger partial charge is 0.573 e. The molecular formula is C22H20F6N2O5S. The number of ether oxygens (including phenoxy) is 2. The molecule has 2 aliphatic heterocycles. The van der Waals surface area contributed by atoms with Gasteiger partial charge in [0.1, 0.15) is 16.4 Å². The quantitative estimate of drug-likeness (QED) is 0.517. The lowest BCUT2D eigenvalue weighted by Crippen LogP contribution is -2.46. The predicted molar refractivity (Wildman–Crippen MR) is 114 cm³/mol. The molecule has 0 atom stereocenters. The highest BCUT2D eigenvalue weighted by Gasteiger charge is 2.50. The van der Waals surface area contributed by atoms with Crippen molar-refractivity contribution in [2.75, 3.05) is 24.5 Å². The zero-order valence-corrected chi connectivity index (χ0v) is 19.3. The number of hydrogen-bond acceptors (Lipinski definition) is 5. The second-order valence-electron chi connectivity index (χ2n) is 8.43. The van der Waals surface area contributed by atoms with Crippen LogP contribution in [-0.2, 0) is 14.8 Å². The van der Waals surface area contributed by atoms with E-state index in [-0.39, 0.29) is 38.4 Å². The van der Waals surface area contributed by atoms with Crippen LogP contribution in [0.2, 0.25) is 0 Å². The molecule has 0 unspecified atom stereocenters. The number of halogens is 6. The normalized spacial score (nSPS) is 19.1. The van der Waals surface area contributed by atoms with Gasteiger partial charge in [-0.15, -0.1) is 26.3 Å². The van der Waals surface area contributed by atoms with Crippen molar-refractivity contribution in [1.29, 1.82) is 0 Å². The number of rotatable bonds is 5. The molecule has 196 valence electrons. The summed E-state index contributed by atoms with van der Waals surface area (Å²) in [6.45, 7) is 0.0918. The molecule has 2 aromatic rings. The number of benzene rings is 2. The number of hydrogen-bond donors (Lipinski definition) is 0. The van der Waals surface area contributed by atoms with Crippen LogP contribution in [0.5, 0.6) is 11.5 Å². The van der Waals surface area contributed by atoms with E-state index in [1.54, 1.807) is 0 Å². The first-order valence-electron chi connectivity index (χ1n) is 10.7. The van der Waals surface area contributed by atoms with E-state index in [0.717, 1.165) is 28.6 Å². The lowest BCUT2D eigenvalue weighted by molar-refractivity contribution is -0.276. The topological polar surface area (TPSA) is 76.2 Å². The Morgan fingerprint density at radius 3 is 1.92 bits per heavy atom. The van der Waals surface area contributed by atoms with Gasteiger partial charge in [0.25, 0.3) is 0 Å². The fourth-order valence-electron chi connectivity index (χ4n) is 4.52. The van der Waals surface area contributed by atoms with Crippen molar-refractivity contribution in [3.05, 3.63) is 48.5 Å². The van der Waals surface area contributed by atoms with Gasteiger partial charge >= 0.3 is 12.7 Å². The number of sulfonamides is 1. The van der Waals surface area contributed by atoms with Crippen LogP contribution in [0.4, 0.5) is 32.0 Å². The predicted octanol–water partition coefficient (Wildman–Crippen LogP) is 4.69. The number of amides is 1. The summed E-state index contributed by atoms with van der Waals surface area (Å²) in [5.74, 6) is -1.56. The van der Waals surface area contributed by atoms with Crippen LogP contribution >= 0.6 is 0 Å². The van der Waals surface area contributed by atoms with Gasteiger partial charge in [0.05, 0.1) is 5.41 Å². The summed E-state index contributed by atoms with van der Waals surface area (Å²) in [5.41, 5.74) is -0.505. The Labute approximate surface area is 202 Å². The van der Waals surface area contributed by atoms with Crippen molar-refractivity contribution in [3.63, 3.8) is 0 Å². The summed E-state index contributed by atoms with van der Waals surface area (Å²) in [6, 6.07) is 9.28. The van der Waals surface area contributed by atoms with Crippen LogP contribution in [0.1, 0.15) is 19.3 Å². The summed E-state index contributed by atoms with van der Waals surface area (Å²) in [6.07, 6.45) is -9.25. The molecule has 0 aliphatic carbocycles. The van der Waals surface area contributed by atoms with Gasteiger partial charge in [0, 0.05) is 25.3 Å². The number of carbonyl (C=O) groups excluding carboxylic acids is 1. The molecule has 1 amide bonds. The number of piperidine rings is 1. The molecule has 14 heteroatoms. The van der Waals surface area contributed by atoms with E-state index < -0.39 is 44.6 Å². The number of alkyl halides is 6. The highest BCUT2D eigenvalue weighted by atomic mass is 32.2. The third-order valence-electron chi connectivity index (χ3n) is 6.27. The fourth-order valence-corrected chi connectivity index (χ4v) is 6.08. The van der Waals surface area contributed by atoms with Gasteiger partial charge in [-0.1, -0.05) is 12.1 Å². The molecule has 1 spiro atoms. The first-order valence-corrected chi connectivity index (χ1v) is 12.2. The van der Waals surface area contributed by atoms with Crippen molar-refractivity contribution in [3.8, 4) is 11.5 Å². The molecule has 2 heterocycles. The standard InChI is InChI=1S/C22H20F6N2O5S/c23-21(24,25)34-16-7-5-15(6-8-16)30-14-11-20(19(30)31)9-12-29(13-10-20)36(32,33)18-4-2-1-3-17(18)35-22(26,27)28/h1-8H,9-14H2. The van der Waals surface area contributed by atoms with Crippen LogP contribution < -0.4 is 14.4 Å². The summed E-state index contributed by atoms with van der Waals surface area (Å²) in [4.78, 5) is 14.0. The van der Waals surface area contributed by atoms with Gasteiger partial charge in [0.15, 0.2) is 0 Å². The Hall–Kier alpha value is -3.00. The van der Waals surface area contributed by atoms with Gasteiger partial charge in [-0.2, -0.15) is 4.31 Å². The maximum absolute atomic E-state index is 13.2. The van der Waals surface area contributed by atoms with Gasteiger partial charge in [-0.25, -0.2) is 8.42 Å². The lowest BCUT2D eigenvalue weighted by Gasteiger charge is -2.37. The van der Waals surface area contributed by atoms with E-state index in [4.69, 9.17) is 0 Å². The third kappa shape index (κ3) is 5.38. The summed E-state index contributed by atoms with van der Waals surface area (Å²) in [7, 11) is -4.34. The Balaban J connectivity index is 1.46. The molecule has 2 fully saturated rings. The highest BCUT2D eigenvalue weighted by Crippen LogP contribution is 2.44. The molecule has 0 radical (unpaired) electrons. The van der Waals surface area contributed by atoms with E-state index >= 15 is 0 Å². The van der Waals surface area contributed by atoms with Crippen molar-refractivity contribution in [2.45, 2.75) is 36.9 Å². The first-order chi connectivity index (χ1) is 16.7. The van der Waals surface area contributed by atoms with Gasteiger partial charge in [-0.05, 0) is 55.7 Å². The zero-order chi connectivity index (χ0) is 26.4. The van der Waals surface area contributed by atoms with E-state index in [9.17, 15) is 39.6 Å². The Bertz CT molecular complexity index is 1220. The van der Waals surface area contributed by atoms with Gasteiger partial charge < -0.3 is 14.4 Å². The first kappa shape index (κ1) is 26.1. The molecule has 4 rings (SSSR count). The van der Waals surface area contributed by atoms with Crippen LogP contribution in [0, 0.1) is 5.41 Å². The second kappa shape index (κ2) is 9.14. The number of para-hydroxylation sites is 1. The van der Waals surface area contributed by atoms with Crippen molar-refractivity contribution in [2.24, 2.45) is 5.41 Å². The number of carbonyl (C=O) groups is 1. The molecule has 0 aromatic heterocycles. The molecule has 2 aromatic carbocycles. The zero-order valence-electron chi connectivity index (χ0n) is 18.5. The molecule has 36 heavy (non-hydrogen) atoms. The minimum absolute atomic E-state index is 0.0966. The molecule has 2 saturated heterocycles. The van der Waals surface area contributed by atoms with Gasteiger partial charge in [0.2, 0.25) is 15.9 Å². The maximum Gasteiger partial charge on any atom is 0.573 e. The molecular weight excluding hydrogens is 518 g/mol. The third-order valence-corrected chi connectivity index (χ3v) is 8.21. The van der Waals surface area contributed by atoms with Crippen LogP contribution in [0.3, 0.4) is 0 Å². The van der Waals surface area contributed by atoms with Crippen molar-refractivity contribution in [1.82, 2.24) is 4.31 Å². The van der Waals surface area contributed by atoms with Crippen LogP contribution in [0.25, 0.3) is 0 Å². The van der Waals surface area contributed by atoms with Crippen LogP contribution in [0.15, 0.2) is 53.4 Å². The molecule has 2 aliphatic rings. The van der Waals surface area contributed by atoms with Crippen LogP contribution in [-0.4, -0.2) is 51.0 Å². The van der Waals surface area contributed by atoms with Crippen molar-refractivity contribution < 1.29 is 49.0 Å². The maximum atomic E-state index is 13.2. The van der Waals surface area contributed by atoms with E-state index in [2.05, 4.69) is 9.47 Å². The summed E-state index contributed by atoms with van der Waals surface area (Å²) < 4.78 is 110. The minimum atomic E-state index is -5.08. The van der Waals surface area contributed by atoms with E-state index in [1.165, 1.54) is 29.2 Å². The molecule has 7 nitrogen and oxygen atoms in total. The Morgan fingerprint density at radius 1 is 0.778 bits per heavy atom. The molecule has 0 N–H and O–H groups in total. The Morgan fingerprint density at radius 2 is 1.33 bits per heavy atom. The fraction of sp³-hybridized carbons (Fsp3) is 0.409. The monoisotopic (exact) mass is 538 g/mol. The van der Waals surface area contributed by atoms with Gasteiger partial charge in [-0.3, -0.25) is 4.79 Å². The van der Waals surface area contributed by atoms with E-state index in [0.29, 0.717) is 12.1 Å². The second-order valence-corrected chi connectivity index (χ2v) is 10.3. The summed E-state index contributed by atoms with van der Waals surface area (Å²) in [5, 5.41) is 0. The molecule has 0 bridgehead atoms. The number of anilines is 1. The highest BCUT2D eigenvalue weighted by molar-refractivity contribution is 7.89. The smallest absolute Gasteiger partial charge is 0.406 e. The number of nitrogens with zero attached hydrogens (tertiary/aromatic N) is 2.